The minimum Gasteiger partial charge on any atom is -0.469 e. The van der Waals surface area contributed by atoms with Crippen LogP contribution in [0.1, 0.15) is 31.9 Å². The molecule has 2 aliphatic rings. The highest BCUT2D eigenvalue weighted by atomic mass is 16.5. The van der Waals surface area contributed by atoms with Crippen molar-refractivity contribution in [3.63, 3.8) is 0 Å². The average Bonchev–Trinajstić information content (AvgIpc) is 3.39. The highest BCUT2D eigenvalue weighted by Gasteiger charge is 2.25. The molecular formula is C19H31N3O3. The van der Waals surface area contributed by atoms with Crippen LogP contribution in [-0.2, 0) is 15.9 Å². The average molecular weight is 349 g/mol. The van der Waals surface area contributed by atoms with Crippen molar-refractivity contribution in [3.8, 4) is 0 Å². The van der Waals surface area contributed by atoms with E-state index in [0.29, 0.717) is 5.92 Å². The summed E-state index contributed by atoms with van der Waals surface area (Å²) in [6.07, 6.45) is 6.31. The van der Waals surface area contributed by atoms with Gasteiger partial charge in [0.05, 0.1) is 25.5 Å². The summed E-state index contributed by atoms with van der Waals surface area (Å²) in [6, 6.07) is 3.94. The van der Waals surface area contributed by atoms with Gasteiger partial charge in [0.25, 0.3) is 0 Å². The van der Waals surface area contributed by atoms with E-state index in [9.17, 15) is 0 Å². The molecule has 2 aliphatic heterocycles. The third-order valence-electron chi connectivity index (χ3n) is 4.85. The highest BCUT2D eigenvalue weighted by Crippen LogP contribution is 2.17. The van der Waals surface area contributed by atoms with Crippen LogP contribution in [0.15, 0.2) is 27.8 Å². The van der Waals surface area contributed by atoms with Crippen molar-refractivity contribution in [2.75, 3.05) is 46.0 Å². The maximum Gasteiger partial charge on any atom is 0.194 e. The number of nitrogens with one attached hydrogen (secondary N) is 1. The van der Waals surface area contributed by atoms with Crippen LogP contribution in [0.4, 0.5) is 0 Å². The molecule has 0 radical (unpaired) electrons. The molecule has 0 bridgehead atoms. The van der Waals surface area contributed by atoms with Crippen LogP contribution >= 0.6 is 0 Å². The van der Waals surface area contributed by atoms with Gasteiger partial charge in [-0.05, 0) is 38.3 Å². The van der Waals surface area contributed by atoms with Crippen LogP contribution < -0.4 is 5.32 Å². The van der Waals surface area contributed by atoms with E-state index < -0.39 is 0 Å². The second-order valence-electron chi connectivity index (χ2n) is 6.82. The SMILES string of the molecule is CCOCC1CCN(C(=NCC2CCCO2)NCCc2ccco2)C1. The highest BCUT2D eigenvalue weighted by molar-refractivity contribution is 5.80. The fraction of sp³-hybridized carbons (Fsp3) is 0.737. The van der Waals surface area contributed by atoms with Gasteiger partial charge in [0, 0.05) is 45.2 Å². The molecule has 6 heteroatoms. The molecule has 0 aliphatic carbocycles. The summed E-state index contributed by atoms with van der Waals surface area (Å²) in [5.74, 6) is 2.60. The summed E-state index contributed by atoms with van der Waals surface area (Å²) in [6.45, 7) is 8.18. The Balaban J connectivity index is 1.52. The molecule has 0 spiro atoms. The number of hydrogen-bond acceptors (Lipinski definition) is 4. The second-order valence-corrected chi connectivity index (χ2v) is 6.82. The molecule has 0 amide bonds. The number of ether oxygens (including phenoxy) is 2. The summed E-state index contributed by atoms with van der Waals surface area (Å²) in [5.41, 5.74) is 0. The molecule has 3 heterocycles. The van der Waals surface area contributed by atoms with E-state index in [1.54, 1.807) is 6.26 Å². The number of furan rings is 1. The maximum absolute atomic E-state index is 5.72. The van der Waals surface area contributed by atoms with E-state index >= 15 is 0 Å². The standard InChI is InChI=1S/C19H31N3O3/c1-2-23-15-16-8-10-22(14-16)19(21-13-18-6-4-12-25-18)20-9-7-17-5-3-11-24-17/h3,5,11,16,18H,2,4,6-10,12-15H2,1H3,(H,20,21). The van der Waals surface area contributed by atoms with Gasteiger partial charge < -0.3 is 24.1 Å². The predicted octanol–water partition coefficient (Wildman–Crippen LogP) is 2.31. The zero-order valence-corrected chi connectivity index (χ0v) is 15.3. The van der Waals surface area contributed by atoms with Gasteiger partial charge in [-0.25, -0.2) is 0 Å². The normalized spacial score (nSPS) is 24.2. The van der Waals surface area contributed by atoms with Crippen molar-refractivity contribution < 1.29 is 13.9 Å². The molecule has 2 saturated heterocycles. The van der Waals surface area contributed by atoms with Crippen molar-refractivity contribution >= 4 is 5.96 Å². The van der Waals surface area contributed by atoms with Gasteiger partial charge in [-0.1, -0.05) is 0 Å². The molecule has 2 atom stereocenters. The van der Waals surface area contributed by atoms with Crippen LogP contribution in [0, 0.1) is 5.92 Å². The first-order valence-corrected chi connectivity index (χ1v) is 9.60. The van der Waals surface area contributed by atoms with Gasteiger partial charge >= 0.3 is 0 Å². The first-order valence-electron chi connectivity index (χ1n) is 9.60. The zero-order valence-electron chi connectivity index (χ0n) is 15.3. The van der Waals surface area contributed by atoms with E-state index in [0.717, 1.165) is 77.0 Å². The van der Waals surface area contributed by atoms with E-state index in [1.807, 2.05) is 12.1 Å². The van der Waals surface area contributed by atoms with Gasteiger partial charge in [0.1, 0.15) is 5.76 Å². The Labute approximate surface area is 150 Å². The fourth-order valence-corrected chi connectivity index (χ4v) is 3.44. The lowest BCUT2D eigenvalue weighted by molar-refractivity contribution is 0.114. The maximum atomic E-state index is 5.72. The first-order chi connectivity index (χ1) is 12.3. The van der Waals surface area contributed by atoms with Crippen LogP contribution in [-0.4, -0.2) is 63.0 Å². The minimum atomic E-state index is 0.281. The Morgan fingerprint density at radius 3 is 3.16 bits per heavy atom. The number of aliphatic imine (C=N–C) groups is 1. The number of nitrogens with zero attached hydrogens (tertiary/aromatic N) is 2. The smallest absolute Gasteiger partial charge is 0.194 e. The Kier molecular flexibility index (Phi) is 7.18. The molecule has 0 saturated carbocycles. The molecule has 6 nitrogen and oxygen atoms in total. The number of guanidine groups is 1. The first kappa shape index (κ1) is 18.3. The van der Waals surface area contributed by atoms with Crippen molar-refractivity contribution in [2.45, 2.75) is 38.7 Å². The topological polar surface area (TPSA) is 59.2 Å². The van der Waals surface area contributed by atoms with Crippen LogP contribution in [0.5, 0.6) is 0 Å². The summed E-state index contributed by atoms with van der Waals surface area (Å²) < 4.78 is 16.7. The Morgan fingerprint density at radius 1 is 1.44 bits per heavy atom. The van der Waals surface area contributed by atoms with Crippen LogP contribution in [0.3, 0.4) is 0 Å². The van der Waals surface area contributed by atoms with Gasteiger partial charge in [-0.15, -0.1) is 0 Å². The number of hydrogen-bond donors (Lipinski definition) is 1. The molecule has 1 aromatic rings. The lowest BCUT2D eigenvalue weighted by atomic mass is 10.1. The van der Waals surface area contributed by atoms with Gasteiger partial charge in [0.15, 0.2) is 5.96 Å². The van der Waals surface area contributed by atoms with Gasteiger partial charge in [-0.2, -0.15) is 0 Å². The summed E-state index contributed by atoms with van der Waals surface area (Å²) in [7, 11) is 0. The third-order valence-corrected chi connectivity index (χ3v) is 4.85. The quantitative estimate of drug-likeness (QED) is 0.576. The van der Waals surface area contributed by atoms with E-state index in [1.165, 1.54) is 6.42 Å². The van der Waals surface area contributed by atoms with Crippen LogP contribution in [0.25, 0.3) is 0 Å². The Hall–Kier alpha value is -1.53. The summed E-state index contributed by atoms with van der Waals surface area (Å²) >= 11 is 0. The largest absolute Gasteiger partial charge is 0.469 e. The van der Waals surface area contributed by atoms with Gasteiger partial charge in [-0.3, -0.25) is 4.99 Å². The van der Waals surface area contributed by atoms with Gasteiger partial charge in [0.2, 0.25) is 0 Å². The molecule has 140 valence electrons. The van der Waals surface area contributed by atoms with E-state index in [4.69, 9.17) is 18.9 Å². The minimum absolute atomic E-state index is 0.281. The van der Waals surface area contributed by atoms with E-state index in [-0.39, 0.29) is 6.10 Å². The summed E-state index contributed by atoms with van der Waals surface area (Å²) in [5, 5.41) is 3.52. The van der Waals surface area contributed by atoms with Crippen LogP contribution in [0.2, 0.25) is 0 Å². The summed E-state index contributed by atoms with van der Waals surface area (Å²) in [4.78, 5) is 7.22. The van der Waals surface area contributed by atoms with Crippen molar-refractivity contribution in [1.82, 2.24) is 10.2 Å². The molecule has 1 N–H and O–H groups in total. The molecule has 1 aromatic heterocycles. The fourth-order valence-electron chi connectivity index (χ4n) is 3.44. The molecular weight excluding hydrogens is 318 g/mol. The predicted molar refractivity (Wildman–Crippen MR) is 97.9 cm³/mol. The molecule has 25 heavy (non-hydrogen) atoms. The van der Waals surface area contributed by atoms with Crippen molar-refractivity contribution in [3.05, 3.63) is 24.2 Å². The Morgan fingerprint density at radius 2 is 2.40 bits per heavy atom. The third kappa shape index (κ3) is 5.75. The molecule has 0 aromatic carbocycles. The lowest BCUT2D eigenvalue weighted by Crippen LogP contribution is -2.41. The second kappa shape index (κ2) is 9.82. The number of likely N-dealkylation sites (tertiary alicyclic amines) is 1. The lowest BCUT2D eigenvalue weighted by Gasteiger charge is -2.22. The zero-order chi connectivity index (χ0) is 17.3. The molecule has 3 rings (SSSR count). The Bertz CT molecular complexity index is 512. The number of rotatable bonds is 8. The van der Waals surface area contributed by atoms with E-state index in [2.05, 4.69) is 17.1 Å². The van der Waals surface area contributed by atoms with Crippen molar-refractivity contribution in [1.29, 1.82) is 0 Å². The van der Waals surface area contributed by atoms with Crippen molar-refractivity contribution in [2.24, 2.45) is 10.9 Å². The monoisotopic (exact) mass is 349 g/mol. The molecule has 2 fully saturated rings. The molecule has 2 unspecified atom stereocenters.